The molecule has 1 saturated heterocycles. The third-order valence-electron chi connectivity index (χ3n) is 1.60. The molecule has 1 heterocycles. The zero-order valence-corrected chi connectivity index (χ0v) is 7.74. The molecule has 1 aliphatic rings. The lowest BCUT2D eigenvalue weighted by Crippen LogP contribution is -2.51. The molecule has 1 rings (SSSR count). The van der Waals surface area contributed by atoms with Crippen molar-refractivity contribution in [3.8, 4) is 0 Å². The van der Waals surface area contributed by atoms with E-state index in [4.69, 9.17) is 4.74 Å². The molecule has 1 fully saturated rings. The van der Waals surface area contributed by atoms with Crippen LogP contribution in [0.25, 0.3) is 0 Å². The van der Waals surface area contributed by atoms with Crippen molar-refractivity contribution >= 4 is 11.8 Å². The number of hydrogen-bond acceptors (Lipinski definition) is 4. The van der Waals surface area contributed by atoms with E-state index in [2.05, 4.69) is 0 Å². The highest BCUT2D eigenvalue weighted by molar-refractivity contribution is 5.98. The van der Waals surface area contributed by atoms with Crippen molar-refractivity contribution in [3.63, 3.8) is 0 Å². The monoisotopic (exact) mass is 187 g/mol. The SMILES string of the molecule is CC(C)(O)CN1C(=O)COCC1=O. The largest absolute Gasteiger partial charge is 0.389 e. The first-order valence-corrected chi connectivity index (χ1v) is 4.03. The van der Waals surface area contributed by atoms with E-state index in [0.717, 1.165) is 4.90 Å². The molecule has 0 spiro atoms. The van der Waals surface area contributed by atoms with Crippen LogP contribution in [0.3, 0.4) is 0 Å². The average Bonchev–Trinajstić information content (AvgIpc) is 1.95. The van der Waals surface area contributed by atoms with Crippen LogP contribution in [0.2, 0.25) is 0 Å². The second kappa shape index (κ2) is 3.43. The molecule has 0 aliphatic carbocycles. The summed E-state index contributed by atoms with van der Waals surface area (Å²) in [4.78, 5) is 23.3. The molecule has 1 N–H and O–H groups in total. The Labute approximate surface area is 76.3 Å². The van der Waals surface area contributed by atoms with Gasteiger partial charge in [0.2, 0.25) is 0 Å². The van der Waals surface area contributed by atoms with Crippen molar-refractivity contribution in [3.05, 3.63) is 0 Å². The van der Waals surface area contributed by atoms with Gasteiger partial charge in [-0.1, -0.05) is 0 Å². The van der Waals surface area contributed by atoms with Gasteiger partial charge in [-0.05, 0) is 13.8 Å². The van der Waals surface area contributed by atoms with Crippen LogP contribution in [0.5, 0.6) is 0 Å². The Bertz CT molecular complexity index is 215. The molecule has 5 heteroatoms. The van der Waals surface area contributed by atoms with E-state index in [9.17, 15) is 14.7 Å². The fourth-order valence-electron chi connectivity index (χ4n) is 1.08. The molecule has 0 aromatic carbocycles. The first-order chi connectivity index (χ1) is 5.90. The topological polar surface area (TPSA) is 66.8 Å². The fourth-order valence-corrected chi connectivity index (χ4v) is 1.08. The Morgan fingerprint density at radius 3 is 2.23 bits per heavy atom. The lowest BCUT2D eigenvalue weighted by molar-refractivity contribution is -0.161. The smallest absolute Gasteiger partial charge is 0.255 e. The standard InChI is InChI=1S/C8H13NO4/c1-8(2,12)5-9-6(10)3-13-4-7(9)11/h12H,3-5H2,1-2H3. The molecular weight excluding hydrogens is 174 g/mol. The number of hydrogen-bond donors (Lipinski definition) is 1. The molecule has 0 saturated carbocycles. The summed E-state index contributed by atoms with van der Waals surface area (Å²) in [6.07, 6.45) is 0. The molecule has 0 aromatic heterocycles. The average molecular weight is 187 g/mol. The van der Waals surface area contributed by atoms with Crippen molar-refractivity contribution < 1.29 is 19.4 Å². The molecule has 0 unspecified atom stereocenters. The number of imide groups is 1. The van der Waals surface area contributed by atoms with Crippen LogP contribution in [0.1, 0.15) is 13.8 Å². The second-order valence-corrected chi connectivity index (χ2v) is 3.68. The number of carbonyl (C=O) groups is 2. The zero-order chi connectivity index (χ0) is 10.1. The molecule has 1 aliphatic heterocycles. The van der Waals surface area contributed by atoms with Crippen LogP contribution >= 0.6 is 0 Å². The summed E-state index contributed by atoms with van der Waals surface area (Å²) in [5.41, 5.74) is -1.05. The van der Waals surface area contributed by atoms with Crippen molar-refractivity contribution in [2.24, 2.45) is 0 Å². The normalized spacial score (nSPS) is 19.5. The predicted octanol–water partition coefficient (Wildman–Crippen LogP) is -0.857. The van der Waals surface area contributed by atoms with Gasteiger partial charge in [-0.15, -0.1) is 0 Å². The van der Waals surface area contributed by atoms with Gasteiger partial charge in [-0.3, -0.25) is 14.5 Å². The number of amides is 2. The molecule has 2 amide bonds. The van der Waals surface area contributed by atoms with Gasteiger partial charge >= 0.3 is 0 Å². The maximum atomic E-state index is 11.2. The minimum absolute atomic E-state index is 0.0219. The summed E-state index contributed by atoms with van der Waals surface area (Å²) in [6, 6.07) is 0. The lowest BCUT2D eigenvalue weighted by atomic mass is 10.1. The molecule has 0 atom stereocenters. The summed E-state index contributed by atoms with van der Waals surface area (Å²) < 4.78 is 4.72. The van der Waals surface area contributed by atoms with Gasteiger partial charge in [0.05, 0.1) is 12.1 Å². The van der Waals surface area contributed by atoms with Crippen LogP contribution < -0.4 is 0 Å². The van der Waals surface area contributed by atoms with Gasteiger partial charge in [-0.25, -0.2) is 0 Å². The highest BCUT2D eigenvalue weighted by Crippen LogP contribution is 2.08. The second-order valence-electron chi connectivity index (χ2n) is 3.68. The fraction of sp³-hybridized carbons (Fsp3) is 0.750. The van der Waals surface area contributed by atoms with E-state index in [-0.39, 0.29) is 19.8 Å². The number of morpholine rings is 1. The van der Waals surface area contributed by atoms with Crippen LogP contribution in [0.4, 0.5) is 0 Å². The first kappa shape index (κ1) is 10.1. The molecule has 0 aromatic rings. The van der Waals surface area contributed by atoms with Gasteiger partial charge in [0.25, 0.3) is 11.8 Å². The number of carbonyl (C=O) groups excluding carboxylic acids is 2. The van der Waals surface area contributed by atoms with Crippen molar-refractivity contribution in [2.45, 2.75) is 19.4 Å². The molecule has 74 valence electrons. The Kier molecular flexibility index (Phi) is 2.68. The van der Waals surface area contributed by atoms with Gasteiger partial charge in [0.15, 0.2) is 0 Å². The molecule has 5 nitrogen and oxygen atoms in total. The minimum atomic E-state index is -1.05. The van der Waals surface area contributed by atoms with E-state index in [0.29, 0.717) is 0 Å². The van der Waals surface area contributed by atoms with Crippen molar-refractivity contribution in [1.82, 2.24) is 4.90 Å². The summed E-state index contributed by atoms with van der Waals surface area (Å²) in [7, 11) is 0. The Hall–Kier alpha value is -0.940. The van der Waals surface area contributed by atoms with E-state index in [1.165, 1.54) is 0 Å². The number of ether oxygens (including phenoxy) is 1. The quantitative estimate of drug-likeness (QED) is 0.571. The zero-order valence-electron chi connectivity index (χ0n) is 7.74. The van der Waals surface area contributed by atoms with Crippen LogP contribution in [0.15, 0.2) is 0 Å². The number of β-amino-alcohol motifs (C(OH)–C–C–N with tert-alkyl or cyclic N) is 1. The van der Waals surface area contributed by atoms with Crippen molar-refractivity contribution in [2.75, 3.05) is 19.8 Å². The molecule has 0 radical (unpaired) electrons. The number of nitrogens with zero attached hydrogens (tertiary/aromatic N) is 1. The Morgan fingerprint density at radius 1 is 1.38 bits per heavy atom. The summed E-state index contributed by atoms with van der Waals surface area (Å²) >= 11 is 0. The minimum Gasteiger partial charge on any atom is -0.389 e. The maximum absolute atomic E-state index is 11.2. The molecule has 0 bridgehead atoms. The van der Waals surface area contributed by atoms with Crippen LogP contribution in [0, 0.1) is 0 Å². The third-order valence-corrected chi connectivity index (χ3v) is 1.60. The van der Waals surface area contributed by atoms with Crippen LogP contribution in [-0.4, -0.2) is 47.2 Å². The van der Waals surface area contributed by atoms with Gasteiger partial charge in [-0.2, -0.15) is 0 Å². The summed E-state index contributed by atoms with van der Waals surface area (Å²) in [6.45, 7) is 2.95. The van der Waals surface area contributed by atoms with E-state index in [1.54, 1.807) is 13.8 Å². The number of aliphatic hydroxyl groups is 1. The predicted molar refractivity (Wildman–Crippen MR) is 43.8 cm³/mol. The maximum Gasteiger partial charge on any atom is 0.255 e. The lowest BCUT2D eigenvalue weighted by Gasteiger charge is -2.30. The van der Waals surface area contributed by atoms with Gasteiger partial charge < -0.3 is 9.84 Å². The van der Waals surface area contributed by atoms with Crippen molar-refractivity contribution in [1.29, 1.82) is 0 Å². The number of rotatable bonds is 2. The van der Waals surface area contributed by atoms with E-state index >= 15 is 0 Å². The first-order valence-electron chi connectivity index (χ1n) is 4.03. The van der Waals surface area contributed by atoms with Gasteiger partial charge in [0, 0.05) is 0 Å². The van der Waals surface area contributed by atoms with Gasteiger partial charge in [0.1, 0.15) is 13.2 Å². The summed E-state index contributed by atoms with van der Waals surface area (Å²) in [5.74, 6) is -0.781. The van der Waals surface area contributed by atoms with E-state index < -0.39 is 17.4 Å². The highest BCUT2D eigenvalue weighted by Gasteiger charge is 2.30. The van der Waals surface area contributed by atoms with Crippen LogP contribution in [-0.2, 0) is 14.3 Å². The Morgan fingerprint density at radius 2 is 1.85 bits per heavy atom. The Balaban J connectivity index is 2.65. The van der Waals surface area contributed by atoms with E-state index in [1.807, 2.05) is 0 Å². The third kappa shape index (κ3) is 2.78. The highest BCUT2D eigenvalue weighted by atomic mass is 16.5. The summed E-state index contributed by atoms with van der Waals surface area (Å²) in [5, 5.41) is 9.42. The molecule has 13 heavy (non-hydrogen) atoms. The molecular formula is C8H13NO4.